The summed E-state index contributed by atoms with van der Waals surface area (Å²) in [5.74, 6) is 0. The van der Waals surface area contributed by atoms with Crippen LogP contribution in [-0.2, 0) is 0 Å². The van der Waals surface area contributed by atoms with Crippen molar-refractivity contribution in [2.45, 2.75) is 69.5 Å². The third-order valence-electron chi connectivity index (χ3n) is 6.02. The third-order valence-corrected chi connectivity index (χ3v) is 6.02. The molecule has 0 spiro atoms. The molecule has 1 saturated carbocycles. The predicted octanol–water partition coefficient (Wildman–Crippen LogP) is 1.44. The van der Waals surface area contributed by atoms with Crippen LogP contribution in [0.2, 0.25) is 0 Å². The molecule has 0 bridgehead atoms. The van der Waals surface area contributed by atoms with Crippen molar-refractivity contribution < 1.29 is 5.11 Å². The summed E-state index contributed by atoms with van der Waals surface area (Å²) >= 11 is 0. The first-order valence-electron chi connectivity index (χ1n) is 9.10. The molecule has 0 aromatic heterocycles. The minimum atomic E-state index is -0.0145. The van der Waals surface area contributed by atoms with Gasteiger partial charge in [-0.3, -0.25) is 9.80 Å². The first-order valence-corrected chi connectivity index (χ1v) is 9.10. The zero-order valence-electron chi connectivity index (χ0n) is 13.7. The molecule has 4 nitrogen and oxygen atoms in total. The summed E-state index contributed by atoms with van der Waals surface area (Å²) in [6.07, 6.45) is 8.94. The Hall–Kier alpha value is -0.160. The highest BCUT2D eigenvalue weighted by Crippen LogP contribution is 2.33. The lowest BCUT2D eigenvalue weighted by Crippen LogP contribution is -2.56. The fourth-order valence-electron chi connectivity index (χ4n) is 4.94. The number of aliphatic hydroxyl groups excluding tert-OH is 1. The van der Waals surface area contributed by atoms with Gasteiger partial charge in [-0.1, -0.05) is 6.92 Å². The van der Waals surface area contributed by atoms with Crippen LogP contribution >= 0.6 is 0 Å². The Morgan fingerprint density at radius 1 is 1.05 bits per heavy atom. The van der Waals surface area contributed by atoms with E-state index < -0.39 is 0 Å². The molecule has 3 aliphatic rings. The number of aliphatic hydroxyl groups is 1. The van der Waals surface area contributed by atoms with Crippen molar-refractivity contribution >= 4 is 0 Å². The first-order chi connectivity index (χ1) is 10.3. The van der Waals surface area contributed by atoms with Gasteiger partial charge in [0, 0.05) is 24.2 Å². The Kier molecular flexibility index (Phi) is 5.20. The van der Waals surface area contributed by atoms with Gasteiger partial charge in [0.1, 0.15) is 0 Å². The smallest absolute Gasteiger partial charge is 0.0613 e. The highest BCUT2D eigenvalue weighted by molar-refractivity contribution is 4.98. The van der Waals surface area contributed by atoms with Crippen LogP contribution < -0.4 is 5.32 Å². The van der Waals surface area contributed by atoms with Gasteiger partial charge in [0.2, 0.25) is 0 Å². The maximum Gasteiger partial charge on any atom is 0.0613 e. The maximum atomic E-state index is 9.91. The van der Waals surface area contributed by atoms with E-state index >= 15 is 0 Å². The third kappa shape index (κ3) is 3.44. The lowest BCUT2D eigenvalue weighted by Gasteiger charge is -2.44. The van der Waals surface area contributed by atoms with E-state index in [1.807, 2.05) is 0 Å². The molecule has 3 unspecified atom stereocenters. The van der Waals surface area contributed by atoms with E-state index in [0.29, 0.717) is 12.6 Å². The molecule has 2 heterocycles. The quantitative estimate of drug-likeness (QED) is 0.823. The Morgan fingerprint density at radius 3 is 2.62 bits per heavy atom. The van der Waals surface area contributed by atoms with Gasteiger partial charge in [-0.2, -0.15) is 0 Å². The number of rotatable bonds is 4. The fourth-order valence-corrected chi connectivity index (χ4v) is 4.94. The number of nitrogens with one attached hydrogen (secondary N) is 1. The molecular weight excluding hydrogens is 262 g/mol. The average Bonchev–Trinajstić information content (AvgIpc) is 2.85. The minimum Gasteiger partial charge on any atom is -0.394 e. The zero-order valence-corrected chi connectivity index (χ0v) is 13.7. The summed E-state index contributed by atoms with van der Waals surface area (Å²) in [5.41, 5.74) is -0.0145. The lowest BCUT2D eigenvalue weighted by molar-refractivity contribution is 0.0570. The molecular formula is C17H33N3O. The van der Waals surface area contributed by atoms with Gasteiger partial charge in [0.05, 0.1) is 6.61 Å². The van der Waals surface area contributed by atoms with E-state index in [0.717, 1.165) is 25.4 Å². The molecule has 0 amide bonds. The molecule has 0 aromatic carbocycles. The van der Waals surface area contributed by atoms with Crippen molar-refractivity contribution in [3.05, 3.63) is 0 Å². The van der Waals surface area contributed by atoms with Crippen LogP contribution in [0.5, 0.6) is 0 Å². The topological polar surface area (TPSA) is 38.7 Å². The van der Waals surface area contributed by atoms with Gasteiger partial charge >= 0.3 is 0 Å². The molecule has 2 saturated heterocycles. The molecule has 0 radical (unpaired) electrons. The van der Waals surface area contributed by atoms with Crippen molar-refractivity contribution in [1.82, 2.24) is 15.1 Å². The Bertz CT molecular complexity index is 334. The van der Waals surface area contributed by atoms with Crippen LogP contribution in [0.3, 0.4) is 0 Å². The molecule has 2 N–H and O–H groups in total. The van der Waals surface area contributed by atoms with Crippen LogP contribution in [-0.4, -0.2) is 71.9 Å². The molecule has 4 heteroatoms. The molecule has 3 rings (SSSR count). The summed E-state index contributed by atoms with van der Waals surface area (Å²) in [4.78, 5) is 5.48. The van der Waals surface area contributed by atoms with Crippen molar-refractivity contribution in [3.63, 3.8) is 0 Å². The van der Waals surface area contributed by atoms with Crippen LogP contribution in [0.4, 0.5) is 0 Å². The number of fused-ring (bicyclic) bond motifs is 1. The first kappa shape index (κ1) is 15.7. The highest BCUT2D eigenvalue weighted by atomic mass is 16.3. The van der Waals surface area contributed by atoms with Gasteiger partial charge in [0.25, 0.3) is 0 Å². The summed E-state index contributed by atoms with van der Waals surface area (Å²) in [5, 5.41) is 13.5. The zero-order chi connectivity index (χ0) is 14.7. The number of likely N-dealkylation sites (N-methyl/N-ethyl adjacent to an activating group) is 1. The number of hydrogen-bond acceptors (Lipinski definition) is 4. The second-order valence-corrected chi connectivity index (χ2v) is 7.40. The van der Waals surface area contributed by atoms with E-state index in [1.54, 1.807) is 0 Å². The highest BCUT2D eigenvalue weighted by Gasteiger charge is 2.39. The second-order valence-electron chi connectivity index (χ2n) is 7.40. The van der Waals surface area contributed by atoms with Crippen molar-refractivity contribution in [3.8, 4) is 0 Å². The summed E-state index contributed by atoms with van der Waals surface area (Å²) < 4.78 is 0. The van der Waals surface area contributed by atoms with E-state index in [1.165, 1.54) is 58.3 Å². The summed E-state index contributed by atoms with van der Waals surface area (Å²) in [7, 11) is 0. The molecule has 0 aromatic rings. The number of nitrogens with zero attached hydrogens (tertiary/aromatic N) is 2. The van der Waals surface area contributed by atoms with Gasteiger partial charge < -0.3 is 10.4 Å². The molecule has 3 atom stereocenters. The standard InChI is InChI=1S/C17H33N3O/c1-2-18-17(14-21)8-3-6-15(12-17)20-11-5-10-19-9-4-7-16(19)13-20/h15-16,18,21H,2-14H2,1H3. The Balaban J connectivity index is 1.64. The van der Waals surface area contributed by atoms with E-state index in [9.17, 15) is 5.11 Å². The predicted molar refractivity (Wildman–Crippen MR) is 86.5 cm³/mol. The SMILES string of the molecule is CCNC1(CO)CCCC(N2CCCN3CCCC3C2)C1. The van der Waals surface area contributed by atoms with Crippen molar-refractivity contribution in [2.24, 2.45) is 0 Å². The lowest BCUT2D eigenvalue weighted by atomic mass is 9.78. The van der Waals surface area contributed by atoms with E-state index in [4.69, 9.17) is 0 Å². The molecule has 3 fully saturated rings. The van der Waals surface area contributed by atoms with Crippen LogP contribution in [0.25, 0.3) is 0 Å². The number of hydrogen-bond donors (Lipinski definition) is 2. The normalized spacial score (nSPS) is 39.1. The van der Waals surface area contributed by atoms with Crippen LogP contribution in [0, 0.1) is 0 Å². The van der Waals surface area contributed by atoms with Gasteiger partial charge in [-0.25, -0.2) is 0 Å². The maximum absolute atomic E-state index is 9.91. The van der Waals surface area contributed by atoms with Crippen molar-refractivity contribution in [2.75, 3.05) is 39.3 Å². The minimum absolute atomic E-state index is 0.0145. The molecule has 122 valence electrons. The molecule has 21 heavy (non-hydrogen) atoms. The fraction of sp³-hybridized carbons (Fsp3) is 1.00. The second kappa shape index (κ2) is 6.95. The summed E-state index contributed by atoms with van der Waals surface area (Å²) in [6.45, 7) is 8.55. The Labute approximate surface area is 129 Å². The van der Waals surface area contributed by atoms with Gasteiger partial charge in [-0.15, -0.1) is 0 Å². The van der Waals surface area contributed by atoms with Gasteiger partial charge in [-0.05, 0) is 71.1 Å². The van der Waals surface area contributed by atoms with E-state index in [2.05, 4.69) is 22.0 Å². The largest absolute Gasteiger partial charge is 0.394 e. The molecule has 1 aliphatic carbocycles. The van der Waals surface area contributed by atoms with E-state index in [-0.39, 0.29) is 5.54 Å². The summed E-state index contributed by atoms with van der Waals surface area (Å²) in [6, 6.07) is 1.47. The Morgan fingerprint density at radius 2 is 1.81 bits per heavy atom. The molecule has 2 aliphatic heterocycles. The monoisotopic (exact) mass is 295 g/mol. The van der Waals surface area contributed by atoms with Gasteiger partial charge in [0.15, 0.2) is 0 Å². The van der Waals surface area contributed by atoms with Crippen LogP contribution in [0.1, 0.15) is 51.9 Å². The average molecular weight is 295 g/mol. The van der Waals surface area contributed by atoms with Crippen molar-refractivity contribution in [1.29, 1.82) is 0 Å². The van der Waals surface area contributed by atoms with Crippen LogP contribution in [0.15, 0.2) is 0 Å².